The Bertz CT molecular complexity index is 853. The molecule has 5 nitrogen and oxygen atoms in total. The number of amides is 1. The molecule has 1 amide bonds. The molecule has 130 valence electrons. The first kappa shape index (κ1) is 17.0. The first-order chi connectivity index (χ1) is 12.2. The maximum absolute atomic E-state index is 11.2. The van der Waals surface area contributed by atoms with Crippen LogP contribution >= 0.6 is 0 Å². The molecule has 0 aliphatic rings. The zero-order chi connectivity index (χ0) is 17.6. The highest BCUT2D eigenvalue weighted by Crippen LogP contribution is 2.17. The number of hydrogen-bond donors (Lipinski definition) is 1. The lowest BCUT2D eigenvalue weighted by molar-refractivity contribution is -0.119. The first-order valence-electron chi connectivity index (χ1n) is 8.57. The van der Waals surface area contributed by atoms with Gasteiger partial charge in [-0.2, -0.15) is 0 Å². The molecule has 5 heteroatoms. The van der Waals surface area contributed by atoms with Gasteiger partial charge in [-0.25, -0.2) is 4.98 Å². The molecule has 0 saturated heterocycles. The number of aromatic nitrogens is 2. The molecule has 3 rings (SSSR count). The average Bonchev–Trinajstić information content (AvgIpc) is 2.98. The smallest absolute Gasteiger partial charge is 0.217 e. The molecule has 1 aromatic heterocycles. The first-order valence-corrected chi connectivity index (χ1v) is 8.57. The topological polar surface area (TPSA) is 56.1 Å². The quantitative estimate of drug-likeness (QED) is 0.719. The van der Waals surface area contributed by atoms with Crippen molar-refractivity contribution in [3.8, 4) is 5.75 Å². The predicted molar refractivity (Wildman–Crippen MR) is 98.6 cm³/mol. The Kier molecular flexibility index (Phi) is 5.33. The van der Waals surface area contributed by atoms with E-state index in [1.165, 1.54) is 12.5 Å². The van der Waals surface area contributed by atoms with Crippen molar-refractivity contribution in [2.24, 2.45) is 0 Å². The van der Waals surface area contributed by atoms with Crippen LogP contribution in [0.4, 0.5) is 0 Å². The van der Waals surface area contributed by atoms with Gasteiger partial charge in [-0.3, -0.25) is 4.79 Å². The molecule has 0 aliphatic heterocycles. The van der Waals surface area contributed by atoms with E-state index < -0.39 is 0 Å². The second-order valence-electron chi connectivity index (χ2n) is 5.92. The van der Waals surface area contributed by atoms with Gasteiger partial charge in [-0.1, -0.05) is 31.2 Å². The maximum Gasteiger partial charge on any atom is 0.217 e. The fraction of sp³-hybridized carbons (Fsp3) is 0.300. The lowest BCUT2D eigenvalue weighted by Crippen LogP contribution is -2.22. The lowest BCUT2D eigenvalue weighted by atomic mass is 10.2. The number of aryl methyl sites for hydroxylation is 1. The van der Waals surface area contributed by atoms with E-state index in [0.29, 0.717) is 19.7 Å². The molecule has 0 spiro atoms. The van der Waals surface area contributed by atoms with Crippen LogP contribution < -0.4 is 10.1 Å². The summed E-state index contributed by atoms with van der Waals surface area (Å²) in [5.74, 6) is 1.64. The molecular formula is C20H23N3O2. The highest BCUT2D eigenvalue weighted by molar-refractivity contribution is 5.76. The lowest BCUT2D eigenvalue weighted by Gasteiger charge is -2.11. The van der Waals surface area contributed by atoms with Gasteiger partial charge in [0.05, 0.1) is 24.1 Å². The van der Waals surface area contributed by atoms with Gasteiger partial charge in [-0.05, 0) is 36.2 Å². The Morgan fingerprint density at radius 1 is 1.16 bits per heavy atom. The van der Waals surface area contributed by atoms with E-state index >= 15 is 0 Å². The van der Waals surface area contributed by atoms with Gasteiger partial charge in [0.2, 0.25) is 5.91 Å². The molecule has 25 heavy (non-hydrogen) atoms. The molecule has 0 fully saturated rings. The SMILES string of the molecule is CCc1ccc(OCCn2c(CNC(C)=O)nc3ccccc32)cc1. The number of carbonyl (C=O) groups excluding carboxylic acids is 1. The number of nitrogens with zero attached hydrogens (tertiary/aromatic N) is 2. The minimum absolute atomic E-state index is 0.0640. The Labute approximate surface area is 147 Å². The van der Waals surface area contributed by atoms with E-state index in [0.717, 1.165) is 29.0 Å². The van der Waals surface area contributed by atoms with E-state index in [2.05, 4.69) is 33.9 Å². The predicted octanol–water partition coefficient (Wildman–Crippen LogP) is 3.31. The summed E-state index contributed by atoms with van der Waals surface area (Å²) in [6, 6.07) is 16.2. The third kappa shape index (κ3) is 4.18. The minimum atomic E-state index is -0.0640. The van der Waals surface area contributed by atoms with Crippen LogP contribution in [0.2, 0.25) is 0 Å². The largest absolute Gasteiger partial charge is 0.492 e. The molecule has 0 aliphatic carbocycles. The van der Waals surface area contributed by atoms with Crippen molar-refractivity contribution >= 4 is 16.9 Å². The molecule has 0 bridgehead atoms. The zero-order valence-corrected chi connectivity index (χ0v) is 14.7. The zero-order valence-electron chi connectivity index (χ0n) is 14.7. The van der Waals surface area contributed by atoms with Gasteiger partial charge in [0.25, 0.3) is 0 Å². The van der Waals surface area contributed by atoms with Crippen LogP contribution in [0.5, 0.6) is 5.75 Å². The normalized spacial score (nSPS) is 10.8. The number of hydrogen-bond acceptors (Lipinski definition) is 3. The Morgan fingerprint density at radius 3 is 2.64 bits per heavy atom. The Balaban J connectivity index is 1.72. The van der Waals surface area contributed by atoms with Crippen LogP contribution in [-0.2, 0) is 24.3 Å². The third-order valence-electron chi connectivity index (χ3n) is 4.14. The highest BCUT2D eigenvalue weighted by Gasteiger charge is 2.10. The summed E-state index contributed by atoms with van der Waals surface area (Å²) in [7, 11) is 0. The van der Waals surface area contributed by atoms with Crippen molar-refractivity contribution in [2.45, 2.75) is 33.4 Å². The number of imidazole rings is 1. The van der Waals surface area contributed by atoms with Gasteiger partial charge < -0.3 is 14.6 Å². The number of nitrogens with one attached hydrogen (secondary N) is 1. The minimum Gasteiger partial charge on any atom is -0.492 e. The van der Waals surface area contributed by atoms with Crippen molar-refractivity contribution in [1.29, 1.82) is 0 Å². The van der Waals surface area contributed by atoms with Crippen molar-refractivity contribution < 1.29 is 9.53 Å². The van der Waals surface area contributed by atoms with Crippen LogP contribution in [0.1, 0.15) is 25.2 Å². The molecule has 0 saturated carbocycles. The molecule has 2 aromatic carbocycles. The third-order valence-corrected chi connectivity index (χ3v) is 4.14. The second-order valence-corrected chi connectivity index (χ2v) is 5.92. The Morgan fingerprint density at radius 2 is 1.92 bits per heavy atom. The van der Waals surface area contributed by atoms with Crippen LogP contribution in [0, 0.1) is 0 Å². The van der Waals surface area contributed by atoms with E-state index in [-0.39, 0.29) is 5.91 Å². The van der Waals surface area contributed by atoms with Gasteiger partial charge in [0, 0.05) is 6.92 Å². The number of para-hydroxylation sites is 2. The molecule has 0 atom stereocenters. The van der Waals surface area contributed by atoms with Crippen molar-refractivity contribution in [3.63, 3.8) is 0 Å². The standard InChI is InChI=1S/C20H23N3O2/c1-3-16-8-10-17(11-9-16)25-13-12-23-19-7-5-4-6-18(19)22-20(23)14-21-15(2)24/h4-11H,3,12-14H2,1-2H3,(H,21,24). The van der Waals surface area contributed by atoms with Gasteiger partial charge in [0.1, 0.15) is 18.2 Å². The average molecular weight is 337 g/mol. The van der Waals surface area contributed by atoms with Crippen molar-refractivity contribution in [1.82, 2.24) is 14.9 Å². The van der Waals surface area contributed by atoms with E-state index in [4.69, 9.17) is 4.74 Å². The Hall–Kier alpha value is -2.82. The summed E-state index contributed by atoms with van der Waals surface area (Å²) in [5.41, 5.74) is 3.27. The molecule has 3 aromatic rings. The molecule has 0 radical (unpaired) electrons. The number of fused-ring (bicyclic) bond motifs is 1. The number of rotatable bonds is 7. The summed E-state index contributed by atoms with van der Waals surface area (Å²) in [4.78, 5) is 15.8. The van der Waals surface area contributed by atoms with E-state index in [1.807, 2.05) is 36.4 Å². The monoisotopic (exact) mass is 337 g/mol. The number of carbonyl (C=O) groups is 1. The number of benzene rings is 2. The van der Waals surface area contributed by atoms with Crippen molar-refractivity contribution in [3.05, 3.63) is 59.9 Å². The van der Waals surface area contributed by atoms with Crippen LogP contribution in [0.15, 0.2) is 48.5 Å². The second kappa shape index (κ2) is 7.83. The number of ether oxygens (including phenoxy) is 1. The molecule has 0 unspecified atom stereocenters. The summed E-state index contributed by atoms with van der Waals surface area (Å²) in [6.07, 6.45) is 1.02. The fourth-order valence-corrected chi connectivity index (χ4v) is 2.79. The van der Waals surface area contributed by atoms with Gasteiger partial charge in [0.15, 0.2) is 0 Å². The molecule has 1 N–H and O–H groups in total. The van der Waals surface area contributed by atoms with Gasteiger partial charge >= 0.3 is 0 Å². The van der Waals surface area contributed by atoms with Crippen LogP contribution in [0.3, 0.4) is 0 Å². The van der Waals surface area contributed by atoms with E-state index in [9.17, 15) is 4.79 Å². The molecule has 1 heterocycles. The van der Waals surface area contributed by atoms with Crippen LogP contribution in [-0.4, -0.2) is 22.1 Å². The van der Waals surface area contributed by atoms with Crippen LogP contribution in [0.25, 0.3) is 11.0 Å². The molecular weight excluding hydrogens is 314 g/mol. The summed E-state index contributed by atoms with van der Waals surface area (Å²) in [6.45, 7) is 5.27. The summed E-state index contributed by atoms with van der Waals surface area (Å²) < 4.78 is 7.98. The summed E-state index contributed by atoms with van der Waals surface area (Å²) >= 11 is 0. The van der Waals surface area contributed by atoms with Crippen molar-refractivity contribution in [2.75, 3.05) is 6.61 Å². The highest BCUT2D eigenvalue weighted by atomic mass is 16.5. The fourth-order valence-electron chi connectivity index (χ4n) is 2.79. The van der Waals surface area contributed by atoms with Gasteiger partial charge in [-0.15, -0.1) is 0 Å². The summed E-state index contributed by atoms with van der Waals surface area (Å²) in [5, 5.41) is 2.82. The maximum atomic E-state index is 11.2. The van der Waals surface area contributed by atoms with E-state index in [1.54, 1.807) is 0 Å².